The van der Waals surface area contributed by atoms with Gasteiger partial charge in [0.15, 0.2) is 5.82 Å². The smallest absolute Gasteiger partial charge is 0.239 e. The fourth-order valence-corrected chi connectivity index (χ4v) is 1.66. The van der Waals surface area contributed by atoms with Crippen molar-refractivity contribution < 1.29 is 4.74 Å². The van der Waals surface area contributed by atoms with Gasteiger partial charge in [-0.15, -0.1) is 5.10 Å². The molecule has 0 bridgehead atoms. The second kappa shape index (κ2) is 4.45. The molecule has 90 valence electrons. The predicted octanol–water partition coefficient (Wildman–Crippen LogP) is 1.89. The molecule has 0 saturated carbocycles. The molecule has 0 aliphatic carbocycles. The van der Waals surface area contributed by atoms with E-state index >= 15 is 0 Å². The quantitative estimate of drug-likeness (QED) is 0.847. The number of rotatable bonds is 3. The fraction of sp³-hybridized carbons (Fsp3) is 0.333. The molecule has 0 atom stereocenters. The van der Waals surface area contributed by atoms with Crippen LogP contribution >= 0.6 is 0 Å². The second-order valence-electron chi connectivity index (χ2n) is 4.08. The molecule has 0 amide bonds. The first kappa shape index (κ1) is 11.4. The van der Waals surface area contributed by atoms with Crippen molar-refractivity contribution in [1.82, 2.24) is 15.2 Å². The van der Waals surface area contributed by atoms with Gasteiger partial charge in [0.05, 0.1) is 0 Å². The van der Waals surface area contributed by atoms with Gasteiger partial charge in [-0.05, 0) is 37.5 Å². The Morgan fingerprint density at radius 1 is 1.24 bits per heavy atom. The van der Waals surface area contributed by atoms with E-state index in [2.05, 4.69) is 28.2 Å². The van der Waals surface area contributed by atoms with Crippen LogP contribution in [0.2, 0.25) is 0 Å². The summed E-state index contributed by atoms with van der Waals surface area (Å²) >= 11 is 0. The highest BCUT2D eigenvalue weighted by atomic mass is 16.5. The molecular weight excluding hydrogens is 216 g/mol. The highest BCUT2D eigenvalue weighted by Crippen LogP contribution is 2.26. The van der Waals surface area contributed by atoms with Crippen LogP contribution in [0.5, 0.6) is 5.75 Å². The molecule has 1 aromatic heterocycles. The molecule has 1 aromatic carbocycles. The van der Waals surface area contributed by atoms with Gasteiger partial charge in [-0.25, -0.2) is 0 Å². The molecule has 17 heavy (non-hydrogen) atoms. The van der Waals surface area contributed by atoms with Gasteiger partial charge in [0, 0.05) is 0 Å². The Morgan fingerprint density at radius 2 is 1.94 bits per heavy atom. The lowest BCUT2D eigenvalue weighted by Gasteiger charge is -2.12. The number of aryl methyl sites for hydroxylation is 2. The molecule has 0 spiro atoms. The number of ether oxygens (including phenoxy) is 1. The van der Waals surface area contributed by atoms with Crippen molar-refractivity contribution in [3.63, 3.8) is 0 Å². The number of nitrogens with two attached hydrogens (primary N) is 1. The first-order chi connectivity index (χ1) is 8.08. The van der Waals surface area contributed by atoms with Gasteiger partial charge in [0.1, 0.15) is 12.4 Å². The number of aromatic amines is 1. The lowest BCUT2D eigenvalue weighted by molar-refractivity contribution is 0.292. The number of anilines is 1. The van der Waals surface area contributed by atoms with Crippen LogP contribution < -0.4 is 10.5 Å². The van der Waals surface area contributed by atoms with E-state index in [0.717, 1.165) is 16.9 Å². The first-order valence-electron chi connectivity index (χ1n) is 5.44. The van der Waals surface area contributed by atoms with Crippen molar-refractivity contribution in [2.75, 3.05) is 5.73 Å². The zero-order chi connectivity index (χ0) is 12.4. The molecule has 0 fully saturated rings. The average Bonchev–Trinajstić information content (AvgIpc) is 2.70. The van der Waals surface area contributed by atoms with E-state index in [1.54, 1.807) is 0 Å². The number of hydrogen-bond donors (Lipinski definition) is 2. The van der Waals surface area contributed by atoms with E-state index in [1.165, 1.54) is 5.56 Å². The normalized spacial score (nSPS) is 10.5. The Balaban J connectivity index is 2.16. The summed E-state index contributed by atoms with van der Waals surface area (Å²) in [6, 6.07) is 4.14. The summed E-state index contributed by atoms with van der Waals surface area (Å²) in [6.07, 6.45) is 0. The Morgan fingerprint density at radius 3 is 2.59 bits per heavy atom. The lowest BCUT2D eigenvalue weighted by Crippen LogP contribution is -2.01. The molecule has 5 nitrogen and oxygen atoms in total. The monoisotopic (exact) mass is 232 g/mol. The van der Waals surface area contributed by atoms with E-state index in [9.17, 15) is 0 Å². The Hall–Kier alpha value is -2.04. The third-order valence-corrected chi connectivity index (χ3v) is 2.78. The molecule has 0 aliphatic heterocycles. The van der Waals surface area contributed by atoms with Gasteiger partial charge < -0.3 is 10.5 Å². The summed E-state index contributed by atoms with van der Waals surface area (Å²) in [7, 11) is 0. The number of nitrogens with one attached hydrogen (secondary N) is 1. The van der Waals surface area contributed by atoms with Gasteiger partial charge in [-0.1, -0.05) is 12.1 Å². The molecule has 0 aliphatic rings. The van der Waals surface area contributed by atoms with Crippen molar-refractivity contribution in [3.8, 4) is 5.75 Å². The molecular formula is C12H16N4O. The molecule has 0 radical (unpaired) electrons. The summed E-state index contributed by atoms with van der Waals surface area (Å²) in [6.45, 7) is 6.48. The zero-order valence-corrected chi connectivity index (χ0v) is 10.2. The Labute approximate surface area is 100 Å². The maximum absolute atomic E-state index is 5.76. The van der Waals surface area contributed by atoms with Crippen molar-refractivity contribution in [3.05, 3.63) is 34.6 Å². The van der Waals surface area contributed by atoms with Crippen LogP contribution in [0.15, 0.2) is 12.1 Å². The minimum Gasteiger partial charge on any atom is -0.485 e. The number of nitrogen functional groups attached to an aromatic ring is 1. The third-order valence-electron chi connectivity index (χ3n) is 2.78. The first-order valence-corrected chi connectivity index (χ1v) is 5.44. The van der Waals surface area contributed by atoms with Gasteiger partial charge in [0.2, 0.25) is 5.95 Å². The van der Waals surface area contributed by atoms with Crippen LogP contribution in [-0.2, 0) is 6.61 Å². The van der Waals surface area contributed by atoms with Gasteiger partial charge in [-0.3, -0.25) is 5.10 Å². The minimum atomic E-state index is 0.237. The van der Waals surface area contributed by atoms with Gasteiger partial charge in [0.25, 0.3) is 0 Å². The van der Waals surface area contributed by atoms with Gasteiger partial charge >= 0.3 is 0 Å². The number of benzene rings is 1. The maximum Gasteiger partial charge on any atom is 0.239 e. The third kappa shape index (κ3) is 2.38. The topological polar surface area (TPSA) is 76.8 Å². The number of H-pyrrole nitrogens is 1. The highest BCUT2D eigenvalue weighted by Gasteiger charge is 2.08. The van der Waals surface area contributed by atoms with Crippen LogP contribution in [0, 0.1) is 20.8 Å². The Kier molecular flexibility index (Phi) is 2.99. The molecule has 2 aromatic rings. The largest absolute Gasteiger partial charge is 0.485 e. The van der Waals surface area contributed by atoms with Crippen molar-refractivity contribution in [2.45, 2.75) is 27.4 Å². The lowest BCUT2D eigenvalue weighted by atomic mass is 10.1. The van der Waals surface area contributed by atoms with Crippen molar-refractivity contribution in [2.24, 2.45) is 0 Å². The predicted molar refractivity (Wildman–Crippen MR) is 65.8 cm³/mol. The summed E-state index contributed by atoms with van der Waals surface area (Å²) in [5.74, 6) is 1.77. The molecule has 0 saturated heterocycles. The zero-order valence-electron chi connectivity index (χ0n) is 10.2. The van der Waals surface area contributed by atoms with E-state index in [4.69, 9.17) is 10.5 Å². The molecule has 3 N–H and O–H groups in total. The van der Waals surface area contributed by atoms with E-state index in [0.29, 0.717) is 12.4 Å². The molecule has 2 rings (SSSR count). The number of hydrogen-bond acceptors (Lipinski definition) is 4. The summed E-state index contributed by atoms with van der Waals surface area (Å²) < 4.78 is 5.76. The van der Waals surface area contributed by atoms with Gasteiger partial charge in [-0.2, -0.15) is 4.98 Å². The van der Waals surface area contributed by atoms with Crippen LogP contribution in [0.1, 0.15) is 22.5 Å². The highest BCUT2D eigenvalue weighted by molar-refractivity contribution is 5.44. The van der Waals surface area contributed by atoms with Crippen molar-refractivity contribution >= 4 is 5.95 Å². The number of aromatic nitrogens is 3. The molecule has 5 heteroatoms. The molecule has 0 unspecified atom stereocenters. The van der Waals surface area contributed by atoms with Crippen LogP contribution in [0.3, 0.4) is 0 Å². The van der Waals surface area contributed by atoms with E-state index < -0.39 is 0 Å². The van der Waals surface area contributed by atoms with Crippen LogP contribution in [-0.4, -0.2) is 15.2 Å². The Bertz CT molecular complexity index is 533. The summed E-state index contributed by atoms with van der Waals surface area (Å²) in [5, 5.41) is 6.47. The maximum atomic E-state index is 5.76. The number of nitrogens with zero attached hydrogens (tertiary/aromatic N) is 2. The summed E-state index contributed by atoms with van der Waals surface area (Å²) in [5.41, 5.74) is 8.90. The second-order valence-corrected chi connectivity index (χ2v) is 4.08. The standard InChI is InChI=1S/C12H16N4O/c1-7-4-5-8(2)11(9(7)3)17-6-10-14-12(13)16-15-10/h4-5H,6H2,1-3H3,(H3,13,14,15,16). The van der Waals surface area contributed by atoms with E-state index in [-0.39, 0.29) is 5.95 Å². The summed E-state index contributed by atoms with van der Waals surface area (Å²) in [4.78, 5) is 3.99. The van der Waals surface area contributed by atoms with E-state index in [1.807, 2.05) is 19.9 Å². The SMILES string of the molecule is Cc1ccc(C)c(OCc2nc(N)n[nH]2)c1C. The van der Waals surface area contributed by atoms with Crippen LogP contribution in [0.4, 0.5) is 5.95 Å². The average molecular weight is 232 g/mol. The van der Waals surface area contributed by atoms with Crippen LogP contribution in [0.25, 0.3) is 0 Å². The van der Waals surface area contributed by atoms with Crippen molar-refractivity contribution in [1.29, 1.82) is 0 Å². The minimum absolute atomic E-state index is 0.237. The molecule has 1 heterocycles. The fourth-order valence-electron chi connectivity index (χ4n) is 1.66.